The van der Waals surface area contributed by atoms with Crippen LogP contribution in [0, 0.1) is 5.82 Å². The lowest BCUT2D eigenvalue weighted by Gasteiger charge is -2.24. The number of nitrogens with one attached hydrogen (secondary N) is 2. The first-order chi connectivity index (χ1) is 16.4. The number of hydrazine groups is 1. The molecule has 1 unspecified atom stereocenters. The van der Waals surface area contributed by atoms with Crippen LogP contribution >= 0.6 is 0 Å². The van der Waals surface area contributed by atoms with Crippen molar-refractivity contribution in [3.8, 4) is 0 Å². The zero-order valence-electron chi connectivity index (χ0n) is 18.3. The molecular formula is C22H25F3N6O3. The summed E-state index contributed by atoms with van der Waals surface area (Å²) in [6.07, 6.45) is -2.94. The molecule has 0 bridgehead atoms. The van der Waals surface area contributed by atoms with Gasteiger partial charge in [0.15, 0.2) is 0 Å². The Hall–Kier alpha value is -3.38. The van der Waals surface area contributed by atoms with Gasteiger partial charge < -0.3 is 15.0 Å². The third-order valence-corrected chi connectivity index (χ3v) is 5.60. The number of hydrogen-bond acceptors (Lipinski definition) is 7. The summed E-state index contributed by atoms with van der Waals surface area (Å²) in [5, 5.41) is 4.06. The van der Waals surface area contributed by atoms with Gasteiger partial charge in [-0.25, -0.2) is 14.2 Å². The van der Waals surface area contributed by atoms with Gasteiger partial charge >= 0.3 is 12.5 Å². The van der Waals surface area contributed by atoms with E-state index in [0.717, 1.165) is 5.69 Å². The Kier molecular flexibility index (Phi) is 7.48. The van der Waals surface area contributed by atoms with Crippen LogP contribution in [0.15, 0.2) is 42.6 Å². The number of ether oxygens (including phenoxy) is 1. The second kappa shape index (κ2) is 10.7. The van der Waals surface area contributed by atoms with E-state index in [9.17, 15) is 18.4 Å². The van der Waals surface area contributed by atoms with Gasteiger partial charge in [-0.15, -0.1) is 0 Å². The third-order valence-electron chi connectivity index (χ3n) is 5.60. The zero-order valence-corrected chi connectivity index (χ0v) is 18.3. The van der Waals surface area contributed by atoms with Gasteiger partial charge in [-0.3, -0.25) is 20.1 Å². The van der Waals surface area contributed by atoms with E-state index in [1.54, 1.807) is 18.3 Å². The van der Waals surface area contributed by atoms with Crippen molar-refractivity contribution in [2.45, 2.75) is 19.1 Å². The highest BCUT2D eigenvalue weighted by atomic mass is 19.3. The molecule has 2 aliphatic rings. The lowest BCUT2D eigenvalue weighted by Crippen LogP contribution is -2.38. The molecule has 1 aromatic heterocycles. The van der Waals surface area contributed by atoms with Gasteiger partial charge in [-0.2, -0.15) is 8.78 Å². The van der Waals surface area contributed by atoms with Gasteiger partial charge in [0.25, 0.3) is 5.91 Å². The minimum Gasteiger partial charge on any atom is -0.442 e. The van der Waals surface area contributed by atoms with Gasteiger partial charge in [0, 0.05) is 32.4 Å². The molecule has 2 saturated heterocycles. The highest BCUT2D eigenvalue weighted by Crippen LogP contribution is 2.28. The average Bonchev–Trinajstić information content (AvgIpc) is 3.04. The minimum absolute atomic E-state index is 0.0112. The van der Waals surface area contributed by atoms with Crippen LogP contribution in [0.25, 0.3) is 0 Å². The van der Waals surface area contributed by atoms with E-state index in [0.29, 0.717) is 44.1 Å². The van der Waals surface area contributed by atoms with Crippen molar-refractivity contribution in [3.05, 3.63) is 54.1 Å². The van der Waals surface area contributed by atoms with Crippen molar-refractivity contribution in [1.29, 1.82) is 0 Å². The van der Waals surface area contributed by atoms with E-state index in [-0.39, 0.29) is 13.1 Å². The normalized spacial score (nSPS) is 19.3. The Morgan fingerprint density at radius 3 is 2.82 bits per heavy atom. The zero-order chi connectivity index (χ0) is 24.1. The summed E-state index contributed by atoms with van der Waals surface area (Å²) in [5.74, 6) is -1.92. The first-order valence-electron chi connectivity index (χ1n) is 10.9. The second-order valence-corrected chi connectivity index (χ2v) is 7.94. The smallest absolute Gasteiger partial charge is 0.414 e. The SMILES string of the molecule is O=C(NCC1CN(c2ccc(N3CCNN(Cc4ccccn4)CC3)c(F)c2)C(=O)O1)C(F)F. The highest BCUT2D eigenvalue weighted by Gasteiger charge is 2.33. The Bertz CT molecular complexity index is 1010. The molecule has 0 radical (unpaired) electrons. The molecule has 4 rings (SSSR count). The van der Waals surface area contributed by atoms with Crippen molar-refractivity contribution in [2.75, 3.05) is 49.1 Å². The van der Waals surface area contributed by atoms with Crippen LogP contribution in [0.1, 0.15) is 5.69 Å². The van der Waals surface area contributed by atoms with Crippen molar-refractivity contribution in [1.82, 2.24) is 20.7 Å². The number of anilines is 2. The van der Waals surface area contributed by atoms with E-state index in [2.05, 4.69) is 10.4 Å². The largest absolute Gasteiger partial charge is 0.442 e. The number of nitrogens with zero attached hydrogens (tertiary/aromatic N) is 4. The molecule has 2 N–H and O–H groups in total. The monoisotopic (exact) mass is 478 g/mol. The van der Waals surface area contributed by atoms with Crippen LogP contribution in [0.2, 0.25) is 0 Å². The van der Waals surface area contributed by atoms with Crippen LogP contribution in [-0.4, -0.2) is 73.8 Å². The van der Waals surface area contributed by atoms with Crippen molar-refractivity contribution in [2.24, 2.45) is 0 Å². The number of carbonyl (C=O) groups excluding carboxylic acids is 2. The van der Waals surface area contributed by atoms with E-state index < -0.39 is 30.3 Å². The number of benzene rings is 1. The maximum absolute atomic E-state index is 15.0. The maximum atomic E-state index is 15.0. The summed E-state index contributed by atoms with van der Waals surface area (Å²) in [6, 6.07) is 10.2. The van der Waals surface area contributed by atoms with Gasteiger partial charge in [-0.05, 0) is 30.3 Å². The lowest BCUT2D eigenvalue weighted by molar-refractivity contribution is -0.132. The number of halogens is 3. The second-order valence-electron chi connectivity index (χ2n) is 7.94. The van der Waals surface area contributed by atoms with Crippen LogP contribution in [0.3, 0.4) is 0 Å². The summed E-state index contributed by atoms with van der Waals surface area (Å²) in [5.41, 5.74) is 4.97. The molecular weight excluding hydrogens is 453 g/mol. The molecule has 3 heterocycles. The lowest BCUT2D eigenvalue weighted by atomic mass is 10.2. The van der Waals surface area contributed by atoms with E-state index >= 15 is 4.39 Å². The van der Waals surface area contributed by atoms with Crippen molar-refractivity contribution < 1.29 is 27.5 Å². The van der Waals surface area contributed by atoms with Crippen LogP contribution in [0.5, 0.6) is 0 Å². The molecule has 1 aromatic carbocycles. The molecule has 1 atom stereocenters. The predicted molar refractivity (Wildman–Crippen MR) is 118 cm³/mol. The highest BCUT2D eigenvalue weighted by molar-refractivity contribution is 5.90. The molecule has 9 nitrogen and oxygen atoms in total. The van der Waals surface area contributed by atoms with Gasteiger partial charge in [-0.1, -0.05) is 6.07 Å². The molecule has 12 heteroatoms. The number of rotatable bonds is 7. The maximum Gasteiger partial charge on any atom is 0.414 e. The number of hydrogen-bond donors (Lipinski definition) is 2. The predicted octanol–water partition coefficient (Wildman–Crippen LogP) is 1.75. The summed E-state index contributed by atoms with van der Waals surface area (Å²) in [7, 11) is 0. The fourth-order valence-corrected chi connectivity index (χ4v) is 3.89. The number of pyridine rings is 1. The van der Waals surface area contributed by atoms with Crippen molar-refractivity contribution in [3.63, 3.8) is 0 Å². The van der Waals surface area contributed by atoms with Gasteiger partial charge in [0.2, 0.25) is 0 Å². The molecule has 0 saturated carbocycles. The van der Waals surface area contributed by atoms with Gasteiger partial charge in [0.05, 0.1) is 36.7 Å². The summed E-state index contributed by atoms with van der Waals surface area (Å²) in [4.78, 5) is 30.7. The number of cyclic esters (lactones) is 1. The van der Waals surface area contributed by atoms with Crippen LogP contribution < -0.4 is 20.5 Å². The standard InChI is InChI=1S/C22H25F3N6O3/c23-18-11-16(31-14-17(34-22(31)33)12-27-21(32)20(24)25)4-5-19(18)29-8-7-28-30(10-9-29)13-15-3-1-2-6-26-15/h1-6,11,17,20,28H,7-10,12-14H2,(H,27,32). The summed E-state index contributed by atoms with van der Waals surface area (Å²) < 4.78 is 44.8. The number of amides is 2. The summed E-state index contributed by atoms with van der Waals surface area (Å²) in [6.45, 7) is 2.85. The Morgan fingerprint density at radius 1 is 1.24 bits per heavy atom. The number of aromatic nitrogens is 1. The van der Waals surface area contributed by atoms with Crippen molar-refractivity contribution >= 4 is 23.4 Å². The molecule has 2 aliphatic heterocycles. The molecule has 0 spiro atoms. The average molecular weight is 478 g/mol. The molecule has 34 heavy (non-hydrogen) atoms. The number of alkyl halides is 2. The Balaban J connectivity index is 1.35. The van der Waals surface area contributed by atoms with E-state index in [4.69, 9.17) is 4.74 Å². The summed E-state index contributed by atoms with van der Waals surface area (Å²) >= 11 is 0. The topological polar surface area (TPSA) is 90.0 Å². The Morgan fingerprint density at radius 2 is 2.09 bits per heavy atom. The Labute approximate surface area is 194 Å². The van der Waals surface area contributed by atoms with Crippen LogP contribution in [-0.2, 0) is 16.1 Å². The molecule has 2 aromatic rings. The fraction of sp³-hybridized carbons (Fsp3) is 0.409. The quantitative estimate of drug-likeness (QED) is 0.627. The third kappa shape index (κ3) is 5.75. The molecule has 2 amide bonds. The first kappa shape index (κ1) is 23.8. The van der Waals surface area contributed by atoms with Crippen LogP contribution in [0.4, 0.5) is 29.3 Å². The number of carbonyl (C=O) groups is 2. The van der Waals surface area contributed by atoms with E-state index in [1.807, 2.05) is 33.4 Å². The molecule has 0 aliphatic carbocycles. The molecule has 2 fully saturated rings. The molecule has 182 valence electrons. The van der Waals surface area contributed by atoms with Gasteiger partial charge in [0.1, 0.15) is 11.9 Å². The first-order valence-corrected chi connectivity index (χ1v) is 10.9. The fourth-order valence-electron chi connectivity index (χ4n) is 3.89. The van der Waals surface area contributed by atoms with E-state index in [1.165, 1.54) is 11.0 Å². The minimum atomic E-state index is -3.15.